The summed E-state index contributed by atoms with van der Waals surface area (Å²) >= 11 is 5.35. The second kappa shape index (κ2) is 5.86. The molecule has 0 aliphatic rings. The summed E-state index contributed by atoms with van der Waals surface area (Å²) in [4.78, 5) is 4.71. The Labute approximate surface area is 133 Å². The number of hydrogen-bond acceptors (Lipinski definition) is 3. The number of hydrogen-bond donors (Lipinski definition) is 1. The third-order valence-electron chi connectivity index (χ3n) is 3.17. The van der Waals surface area contributed by atoms with Crippen LogP contribution in [-0.4, -0.2) is 4.98 Å². The van der Waals surface area contributed by atoms with Crippen molar-refractivity contribution >= 4 is 33.0 Å². The summed E-state index contributed by atoms with van der Waals surface area (Å²) in [5.74, 6) is 0. The molecular weight excluding hydrogens is 332 g/mol. The number of halogens is 1. The van der Waals surface area contributed by atoms with Crippen molar-refractivity contribution in [2.45, 2.75) is 46.6 Å². The summed E-state index contributed by atoms with van der Waals surface area (Å²) < 4.78 is 1.11. The van der Waals surface area contributed by atoms with Crippen LogP contribution in [0.15, 0.2) is 22.0 Å². The van der Waals surface area contributed by atoms with Crippen LogP contribution in [0.2, 0.25) is 0 Å². The first-order chi connectivity index (χ1) is 9.27. The number of nitrogens with one attached hydrogen (secondary N) is 1. The van der Waals surface area contributed by atoms with Crippen molar-refractivity contribution < 1.29 is 0 Å². The van der Waals surface area contributed by atoms with Crippen LogP contribution in [0.5, 0.6) is 0 Å². The average molecular weight is 353 g/mol. The molecule has 1 aromatic carbocycles. The Hall–Kier alpha value is -0.870. The van der Waals surface area contributed by atoms with E-state index in [1.54, 1.807) is 11.3 Å². The monoisotopic (exact) mass is 352 g/mol. The first kappa shape index (κ1) is 15.5. The van der Waals surface area contributed by atoms with Gasteiger partial charge in [0.15, 0.2) is 0 Å². The van der Waals surface area contributed by atoms with Crippen molar-refractivity contribution in [1.29, 1.82) is 0 Å². The molecule has 0 saturated heterocycles. The van der Waals surface area contributed by atoms with Gasteiger partial charge < -0.3 is 5.32 Å². The van der Waals surface area contributed by atoms with Gasteiger partial charge in [-0.2, -0.15) is 0 Å². The van der Waals surface area contributed by atoms with Crippen molar-refractivity contribution in [2.75, 3.05) is 5.32 Å². The zero-order valence-corrected chi connectivity index (χ0v) is 15.1. The molecule has 0 unspecified atom stereocenters. The van der Waals surface area contributed by atoms with E-state index in [0.29, 0.717) is 0 Å². The standard InChI is InChI=1S/C16H21BrN2S/c1-10-6-11(2)15(12(17)7-10)18-8-14-19-13(9-20-14)16(3,4)5/h6-7,9,18H,8H2,1-5H3. The van der Waals surface area contributed by atoms with E-state index < -0.39 is 0 Å². The zero-order chi connectivity index (χ0) is 14.9. The number of rotatable bonds is 3. The lowest BCUT2D eigenvalue weighted by atomic mass is 9.93. The lowest BCUT2D eigenvalue weighted by Crippen LogP contribution is -2.12. The Balaban J connectivity index is 2.12. The molecule has 0 aliphatic heterocycles. The van der Waals surface area contributed by atoms with Crippen molar-refractivity contribution in [3.8, 4) is 0 Å². The van der Waals surface area contributed by atoms with Gasteiger partial charge >= 0.3 is 0 Å². The summed E-state index contributed by atoms with van der Waals surface area (Å²) in [6.45, 7) is 11.6. The van der Waals surface area contributed by atoms with E-state index in [4.69, 9.17) is 4.98 Å². The van der Waals surface area contributed by atoms with Gasteiger partial charge in [-0.15, -0.1) is 11.3 Å². The van der Waals surface area contributed by atoms with Crippen molar-refractivity contribution in [2.24, 2.45) is 0 Å². The Kier molecular flexibility index (Phi) is 4.55. The molecule has 4 heteroatoms. The molecule has 0 amide bonds. The van der Waals surface area contributed by atoms with Gasteiger partial charge in [-0.05, 0) is 47.0 Å². The number of benzene rings is 1. The van der Waals surface area contributed by atoms with Crippen molar-refractivity contribution in [3.05, 3.63) is 43.8 Å². The van der Waals surface area contributed by atoms with Crippen LogP contribution >= 0.6 is 27.3 Å². The number of aromatic nitrogens is 1. The summed E-state index contributed by atoms with van der Waals surface area (Å²) in [5.41, 5.74) is 4.96. The molecule has 1 heterocycles. The molecule has 2 rings (SSSR count). The molecule has 1 aromatic heterocycles. The van der Waals surface area contributed by atoms with E-state index >= 15 is 0 Å². The highest BCUT2D eigenvalue weighted by Gasteiger charge is 2.17. The molecular formula is C16H21BrN2S. The second-order valence-electron chi connectivity index (χ2n) is 6.17. The van der Waals surface area contributed by atoms with Crippen LogP contribution in [0.4, 0.5) is 5.69 Å². The predicted molar refractivity (Wildman–Crippen MR) is 91.8 cm³/mol. The lowest BCUT2D eigenvalue weighted by molar-refractivity contribution is 0.571. The molecule has 2 nitrogen and oxygen atoms in total. The largest absolute Gasteiger partial charge is 0.377 e. The van der Waals surface area contributed by atoms with Crippen molar-refractivity contribution in [3.63, 3.8) is 0 Å². The van der Waals surface area contributed by atoms with E-state index in [0.717, 1.165) is 21.7 Å². The van der Waals surface area contributed by atoms with Gasteiger partial charge in [0.1, 0.15) is 5.01 Å². The molecule has 0 radical (unpaired) electrons. The molecule has 2 aromatic rings. The molecule has 20 heavy (non-hydrogen) atoms. The van der Waals surface area contributed by atoms with Gasteiger partial charge in [-0.3, -0.25) is 0 Å². The fourth-order valence-electron chi connectivity index (χ4n) is 2.04. The Morgan fingerprint density at radius 1 is 1.25 bits per heavy atom. The summed E-state index contributed by atoms with van der Waals surface area (Å²) in [6, 6.07) is 4.33. The van der Waals surface area contributed by atoms with Gasteiger partial charge in [0.2, 0.25) is 0 Å². The minimum absolute atomic E-state index is 0.120. The van der Waals surface area contributed by atoms with E-state index in [-0.39, 0.29) is 5.41 Å². The molecule has 108 valence electrons. The van der Waals surface area contributed by atoms with Crippen LogP contribution in [-0.2, 0) is 12.0 Å². The first-order valence-electron chi connectivity index (χ1n) is 6.73. The van der Waals surface area contributed by atoms with E-state index in [1.165, 1.54) is 16.8 Å². The molecule has 0 fully saturated rings. The first-order valence-corrected chi connectivity index (χ1v) is 8.40. The van der Waals surface area contributed by atoms with Gasteiger partial charge in [-0.25, -0.2) is 4.98 Å². The maximum absolute atomic E-state index is 4.71. The second-order valence-corrected chi connectivity index (χ2v) is 7.97. The summed E-state index contributed by atoms with van der Waals surface area (Å²) in [5, 5.41) is 6.78. The fourth-order valence-corrected chi connectivity index (χ4v) is 3.81. The maximum Gasteiger partial charge on any atom is 0.112 e. The minimum Gasteiger partial charge on any atom is -0.377 e. The molecule has 0 atom stereocenters. The SMILES string of the molecule is Cc1cc(C)c(NCc2nc(C(C)(C)C)cs2)c(Br)c1. The average Bonchev–Trinajstić information content (AvgIpc) is 2.75. The topological polar surface area (TPSA) is 24.9 Å². The molecule has 0 bridgehead atoms. The Morgan fingerprint density at radius 2 is 1.95 bits per heavy atom. The fraction of sp³-hybridized carbons (Fsp3) is 0.438. The normalized spacial score (nSPS) is 11.7. The third-order valence-corrected chi connectivity index (χ3v) is 4.64. The van der Waals surface area contributed by atoms with E-state index in [1.807, 2.05) is 0 Å². The Morgan fingerprint density at radius 3 is 2.50 bits per heavy atom. The van der Waals surface area contributed by atoms with Crippen LogP contribution in [0.3, 0.4) is 0 Å². The summed E-state index contributed by atoms with van der Waals surface area (Å²) in [6.07, 6.45) is 0. The van der Waals surface area contributed by atoms with Gasteiger partial charge in [0.05, 0.1) is 17.9 Å². The number of anilines is 1. The van der Waals surface area contributed by atoms with Crippen LogP contribution in [0.25, 0.3) is 0 Å². The number of nitrogens with zero attached hydrogens (tertiary/aromatic N) is 1. The maximum atomic E-state index is 4.71. The Bertz CT molecular complexity index is 588. The van der Waals surface area contributed by atoms with Crippen LogP contribution in [0.1, 0.15) is 42.6 Å². The van der Waals surface area contributed by atoms with Crippen LogP contribution in [0, 0.1) is 13.8 Å². The molecule has 0 spiro atoms. The highest BCUT2D eigenvalue weighted by Crippen LogP contribution is 2.29. The predicted octanol–water partition coefficient (Wildman–Crippen LogP) is 5.43. The van der Waals surface area contributed by atoms with Gasteiger partial charge in [0, 0.05) is 15.3 Å². The quantitative estimate of drug-likeness (QED) is 0.796. The van der Waals surface area contributed by atoms with E-state index in [2.05, 4.69) is 73.4 Å². The smallest absolute Gasteiger partial charge is 0.112 e. The third kappa shape index (κ3) is 3.61. The van der Waals surface area contributed by atoms with Crippen LogP contribution < -0.4 is 5.32 Å². The number of thiazole rings is 1. The molecule has 0 saturated carbocycles. The zero-order valence-electron chi connectivity index (χ0n) is 12.7. The lowest BCUT2D eigenvalue weighted by Gasteiger charge is -2.14. The highest BCUT2D eigenvalue weighted by molar-refractivity contribution is 9.10. The molecule has 1 N–H and O–H groups in total. The molecule has 0 aliphatic carbocycles. The minimum atomic E-state index is 0.120. The van der Waals surface area contributed by atoms with E-state index in [9.17, 15) is 0 Å². The van der Waals surface area contributed by atoms with Gasteiger partial charge in [-0.1, -0.05) is 26.8 Å². The van der Waals surface area contributed by atoms with Crippen molar-refractivity contribution in [1.82, 2.24) is 4.98 Å². The van der Waals surface area contributed by atoms with Gasteiger partial charge in [0.25, 0.3) is 0 Å². The number of aryl methyl sites for hydroxylation is 2. The summed E-state index contributed by atoms with van der Waals surface area (Å²) in [7, 11) is 0. The highest BCUT2D eigenvalue weighted by atomic mass is 79.9.